The summed E-state index contributed by atoms with van der Waals surface area (Å²) in [6.45, 7) is 1.35. The van der Waals surface area contributed by atoms with Gasteiger partial charge in [0.25, 0.3) is 0 Å². The van der Waals surface area contributed by atoms with Crippen LogP contribution in [0.2, 0.25) is 0 Å². The molecule has 18 heavy (non-hydrogen) atoms. The Labute approximate surface area is 104 Å². The van der Waals surface area contributed by atoms with Gasteiger partial charge in [0.15, 0.2) is 5.82 Å². The molecule has 0 aliphatic heterocycles. The predicted molar refractivity (Wildman–Crippen MR) is 66.1 cm³/mol. The summed E-state index contributed by atoms with van der Waals surface area (Å²) in [5.41, 5.74) is 1.99. The summed E-state index contributed by atoms with van der Waals surface area (Å²) in [6.07, 6.45) is 5.43. The van der Waals surface area contributed by atoms with Crippen molar-refractivity contribution in [1.29, 1.82) is 0 Å². The first kappa shape index (κ1) is 10.9. The molecule has 0 unspecified atom stereocenters. The largest absolute Gasteiger partial charge is 0.383 e. The summed E-state index contributed by atoms with van der Waals surface area (Å²) in [5.74, 6) is 0.813. The van der Waals surface area contributed by atoms with E-state index in [4.69, 9.17) is 4.74 Å². The van der Waals surface area contributed by atoms with Crippen LogP contribution >= 0.6 is 0 Å². The maximum atomic E-state index is 5.08. The highest BCUT2D eigenvalue weighted by Gasteiger charge is 2.12. The zero-order chi connectivity index (χ0) is 12.4. The van der Waals surface area contributed by atoms with Crippen molar-refractivity contribution in [1.82, 2.24) is 24.4 Å². The molecule has 3 aromatic rings. The molecule has 3 heterocycles. The third kappa shape index (κ3) is 1.76. The summed E-state index contributed by atoms with van der Waals surface area (Å²) in [4.78, 5) is 0. The molecule has 0 aliphatic rings. The van der Waals surface area contributed by atoms with E-state index in [1.54, 1.807) is 13.4 Å². The summed E-state index contributed by atoms with van der Waals surface area (Å²) in [7, 11) is 1.68. The van der Waals surface area contributed by atoms with Crippen LogP contribution in [0.3, 0.4) is 0 Å². The number of hydrogen-bond donors (Lipinski definition) is 0. The number of rotatable bonds is 4. The van der Waals surface area contributed by atoms with Gasteiger partial charge in [0.05, 0.1) is 23.9 Å². The fourth-order valence-corrected chi connectivity index (χ4v) is 1.92. The van der Waals surface area contributed by atoms with Crippen molar-refractivity contribution in [3.63, 3.8) is 0 Å². The van der Waals surface area contributed by atoms with Gasteiger partial charge >= 0.3 is 0 Å². The smallest absolute Gasteiger partial charge is 0.167 e. The van der Waals surface area contributed by atoms with Crippen molar-refractivity contribution in [2.24, 2.45) is 0 Å². The van der Waals surface area contributed by atoms with Gasteiger partial charge in [-0.05, 0) is 12.1 Å². The Morgan fingerprint density at radius 1 is 1.33 bits per heavy atom. The molecule has 92 valence electrons. The van der Waals surface area contributed by atoms with E-state index in [9.17, 15) is 0 Å². The maximum Gasteiger partial charge on any atom is 0.167 e. The molecule has 6 nitrogen and oxygen atoms in total. The molecule has 0 amide bonds. The van der Waals surface area contributed by atoms with Crippen LogP contribution in [0.1, 0.15) is 0 Å². The van der Waals surface area contributed by atoms with E-state index in [2.05, 4.69) is 15.3 Å². The van der Waals surface area contributed by atoms with E-state index < -0.39 is 0 Å². The van der Waals surface area contributed by atoms with Gasteiger partial charge in [-0.1, -0.05) is 6.07 Å². The second-order valence-corrected chi connectivity index (χ2v) is 3.93. The quantitative estimate of drug-likeness (QED) is 0.691. The van der Waals surface area contributed by atoms with Gasteiger partial charge in [-0.3, -0.25) is 0 Å². The van der Waals surface area contributed by atoms with Crippen molar-refractivity contribution < 1.29 is 4.74 Å². The van der Waals surface area contributed by atoms with E-state index in [1.807, 2.05) is 39.7 Å². The predicted octanol–water partition coefficient (Wildman–Crippen LogP) is 1.24. The first-order valence-corrected chi connectivity index (χ1v) is 5.69. The highest BCUT2D eigenvalue weighted by Crippen LogP contribution is 2.21. The summed E-state index contributed by atoms with van der Waals surface area (Å²) in [6, 6.07) is 5.94. The van der Waals surface area contributed by atoms with E-state index >= 15 is 0 Å². The number of pyridine rings is 1. The summed E-state index contributed by atoms with van der Waals surface area (Å²) >= 11 is 0. The van der Waals surface area contributed by atoms with Gasteiger partial charge in [0, 0.05) is 19.9 Å². The minimum atomic E-state index is 0.629. The average molecular weight is 243 g/mol. The lowest BCUT2D eigenvalue weighted by atomic mass is 10.2. The van der Waals surface area contributed by atoms with Crippen molar-refractivity contribution in [2.45, 2.75) is 6.54 Å². The SMILES string of the molecule is COCCn1cnnc1-c1cnn2ccccc12. The molecule has 0 atom stereocenters. The minimum absolute atomic E-state index is 0.629. The third-order valence-electron chi connectivity index (χ3n) is 2.82. The van der Waals surface area contributed by atoms with Crippen LogP contribution in [0.4, 0.5) is 0 Å². The Bertz CT molecular complexity index is 657. The van der Waals surface area contributed by atoms with E-state index in [0.717, 1.165) is 23.4 Å². The van der Waals surface area contributed by atoms with Crippen LogP contribution in [0.5, 0.6) is 0 Å². The van der Waals surface area contributed by atoms with Crippen LogP contribution in [0, 0.1) is 0 Å². The molecule has 3 aromatic heterocycles. The van der Waals surface area contributed by atoms with Gasteiger partial charge in [-0.15, -0.1) is 10.2 Å². The van der Waals surface area contributed by atoms with Gasteiger partial charge in [-0.25, -0.2) is 4.52 Å². The van der Waals surface area contributed by atoms with Gasteiger partial charge in [-0.2, -0.15) is 5.10 Å². The van der Waals surface area contributed by atoms with Crippen LogP contribution in [0.15, 0.2) is 36.9 Å². The molecule has 0 saturated carbocycles. The molecule has 0 N–H and O–H groups in total. The molecule has 0 aliphatic carbocycles. The monoisotopic (exact) mass is 243 g/mol. The molecule has 0 spiro atoms. The molecular weight excluding hydrogens is 230 g/mol. The standard InChI is InChI=1S/C12H13N5O/c1-18-7-6-16-9-13-15-12(16)10-8-14-17-5-3-2-4-11(10)17/h2-5,8-9H,6-7H2,1H3. The number of ether oxygens (including phenoxy) is 1. The lowest BCUT2D eigenvalue weighted by molar-refractivity contribution is 0.187. The van der Waals surface area contributed by atoms with E-state index in [-0.39, 0.29) is 0 Å². The van der Waals surface area contributed by atoms with Crippen molar-refractivity contribution in [3.8, 4) is 11.4 Å². The highest BCUT2D eigenvalue weighted by atomic mass is 16.5. The maximum absolute atomic E-state index is 5.08. The Morgan fingerprint density at radius 2 is 2.28 bits per heavy atom. The summed E-state index contributed by atoms with van der Waals surface area (Å²) < 4.78 is 8.87. The number of aromatic nitrogens is 5. The summed E-state index contributed by atoms with van der Waals surface area (Å²) in [5, 5.41) is 12.4. The average Bonchev–Trinajstić information content (AvgIpc) is 3.02. The Balaban J connectivity index is 2.06. The third-order valence-corrected chi connectivity index (χ3v) is 2.82. The van der Waals surface area contributed by atoms with E-state index in [0.29, 0.717) is 6.61 Å². The Kier molecular flexibility index (Phi) is 2.77. The first-order valence-electron chi connectivity index (χ1n) is 5.69. The fourth-order valence-electron chi connectivity index (χ4n) is 1.92. The second-order valence-electron chi connectivity index (χ2n) is 3.93. The van der Waals surface area contributed by atoms with Crippen molar-refractivity contribution >= 4 is 5.52 Å². The molecule has 3 rings (SSSR count). The van der Waals surface area contributed by atoms with E-state index in [1.165, 1.54) is 0 Å². The van der Waals surface area contributed by atoms with Crippen LogP contribution in [-0.2, 0) is 11.3 Å². The van der Waals surface area contributed by atoms with Crippen molar-refractivity contribution in [2.75, 3.05) is 13.7 Å². The Morgan fingerprint density at radius 3 is 3.17 bits per heavy atom. The highest BCUT2D eigenvalue weighted by molar-refractivity contribution is 5.75. The first-order chi connectivity index (χ1) is 8.90. The molecule has 0 fully saturated rings. The number of hydrogen-bond acceptors (Lipinski definition) is 4. The number of methoxy groups -OCH3 is 1. The van der Waals surface area contributed by atoms with Crippen LogP contribution < -0.4 is 0 Å². The van der Waals surface area contributed by atoms with Gasteiger partial charge in [0.1, 0.15) is 6.33 Å². The lowest BCUT2D eigenvalue weighted by Gasteiger charge is -2.04. The molecule has 0 bridgehead atoms. The zero-order valence-electron chi connectivity index (χ0n) is 10.0. The topological polar surface area (TPSA) is 57.2 Å². The number of nitrogens with zero attached hydrogens (tertiary/aromatic N) is 5. The molecular formula is C12H13N5O. The molecule has 6 heteroatoms. The number of fused-ring (bicyclic) bond motifs is 1. The van der Waals surface area contributed by atoms with Crippen LogP contribution in [0.25, 0.3) is 16.9 Å². The van der Waals surface area contributed by atoms with Crippen LogP contribution in [-0.4, -0.2) is 38.1 Å². The molecule has 0 saturated heterocycles. The fraction of sp³-hybridized carbons (Fsp3) is 0.250. The molecule has 0 radical (unpaired) electrons. The lowest BCUT2D eigenvalue weighted by Crippen LogP contribution is -2.04. The van der Waals surface area contributed by atoms with Gasteiger partial charge in [0.2, 0.25) is 0 Å². The minimum Gasteiger partial charge on any atom is -0.383 e. The van der Waals surface area contributed by atoms with Crippen molar-refractivity contribution in [3.05, 3.63) is 36.9 Å². The second kappa shape index (κ2) is 4.58. The molecule has 0 aromatic carbocycles. The van der Waals surface area contributed by atoms with Gasteiger partial charge < -0.3 is 9.30 Å². The Hall–Kier alpha value is -2.21. The normalized spacial score (nSPS) is 11.2. The zero-order valence-corrected chi connectivity index (χ0v) is 10.0.